The Morgan fingerprint density at radius 1 is 0.664 bits per heavy atom. The second kappa shape index (κ2) is 50.2. The topological polar surface area (TPSA) is 574 Å². The number of hydrogen-bond donors (Lipinski definition) is 21. The van der Waals surface area contributed by atoms with E-state index in [1.807, 2.05) is 27.7 Å². The molecule has 107 heavy (non-hydrogen) atoms. The minimum atomic E-state index is -1.65. The standard InChI is InChI=1S/C69H117N15O20S3/c1-41(82-103)68(3,4)76-24-27-84(28-25-77-69(5,6)42(2)83-104)26-23-73-58(91)20-19-57(90)72-21-11-10-15-44-30-48(85)40-105-37-45(31-56(89)52(35-61(95)96)81-64(44)100)65(101)79-49(16-12-22-74-67(70)71)53(86)17-18-59(92)78-51(34-60(93)94)55(88)33-47-39-107-106-38-46(63(99)75-36-62(97)98)32-54(87)50(80-66(47)102)29-43-13-8-7-9-14-43/h7-9,13-14,44-52,54,64-66,76-77,79-81,85,87,100-104H,10-12,15-40H2,1-6H3,(H,72,90)(H,73,91)(H,75,99)(H,78,92)(H,93,94)(H,95,96)(H,97,98)(H4,70,71,74)/b82-41-,83-42-/t44-,45-,46-,47-,48+,49-,50-,51-,52-,54+,64+,65+,66?/m0/s1. The zero-order valence-electron chi connectivity index (χ0n) is 62.1. The number of oxime groups is 2. The number of nitrogens with one attached hydrogen (secondary N) is 9. The molecular formula is C69H117N15O20S3. The maximum absolute atomic E-state index is 14.2. The molecule has 0 bridgehead atoms. The lowest BCUT2D eigenvalue weighted by Crippen LogP contribution is -2.52. The molecule has 2 heterocycles. The Morgan fingerprint density at radius 2 is 1.26 bits per heavy atom. The predicted molar refractivity (Wildman–Crippen MR) is 406 cm³/mol. The number of aliphatic imine (C=N–C) groups is 1. The maximum Gasteiger partial charge on any atom is 0.322 e. The van der Waals surface area contributed by atoms with Gasteiger partial charge in [-0.05, 0) is 92.1 Å². The fraction of sp³-hybridized carbons (Fsp3) is 0.725. The van der Waals surface area contributed by atoms with Gasteiger partial charge in [-0.1, -0.05) is 68.7 Å². The first-order chi connectivity index (χ1) is 50.5. The van der Waals surface area contributed by atoms with Gasteiger partial charge in [-0.15, -0.1) is 0 Å². The molecule has 0 saturated carbocycles. The van der Waals surface area contributed by atoms with E-state index in [1.54, 1.807) is 44.2 Å². The number of Topliss-reactive ketones (excluding diaryl/α,β-unsaturated/α-hetero) is 3. The number of aliphatic carboxylic acids is 3. The van der Waals surface area contributed by atoms with Crippen LogP contribution in [0.4, 0.5) is 0 Å². The minimum Gasteiger partial charge on any atom is -0.481 e. The molecule has 1 aromatic rings. The Bertz CT molecular complexity index is 3030. The number of rotatable bonds is 45. The molecule has 38 heteroatoms. The number of carboxylic acid groups (broad SMARTS) is 3. The lowest BCUT2D eigenvalue weighted by atomic mass is 9.91. The highest BCUT2D eigenvalue weighted by atomic mass is 33.1. The van der Waals surface area contributed by atoms with Crippen molar-refractivity contribution >= 4 is 110 Å². The molecule has 2 fully saturated rings. The number of nitrogens with two attached hydrogens (primary N) is 2. The molecule has 0 aromatic heterocycles. The first-order valence-electron chi connectivity index (χ1n) is 36.1. The van der Waals surface area contributed by atoms with Crippen LogP contribution >= 0.6 is 33.3 Å². The summed E-state index contributed by atoms with van der Waals surface area (Å²) >= 11 is 1.16. The van der Waals surface area contributed by atoms with Crippen molar-refractivity contribution < 1.29 is 99.2 Å². The summed E-state index contributed by atoms with van der Waals surface area (Å²) in [4.78, 5) is 137. The van der Waals surface area contributed by atoms with Crippen LogP contribution in [-0.2, 0) is 54.4 Å². The Morgan fingerprint density at radius 3 is 1.86 bits per heavy atom. The molecule has 0 radical (unpaired) electrons. The van der Waals surface area contributed by atoms with Gasteiger partial charge in [-0.2, -0.15) is 11.8 Å². The van der Waals surface area contributed by atoms with Crippen LogP contribution in [0.15, 0.2) is 45.6 Å². The van der Waals surface area contributed by atoms with Crippen LogP contribution < -0.4 is 59.3 Å². The zero-order valence-corrected chi connectivity index (χ0v) is 64.6. The molecule has 3 rings (SSSR count). The molecule has 4 amide bonds. The molecule has 606 valence electrons. The third-order valence-corrected chi connectivity index (χ3v) is 22.7. The first-order valence-corrected chi connectivity index (χ1v) is 39.7. The van der Waals surface area contributed by atoms with Crippen molar-refractivity contribution in [1.82, 2.24) is 52.8 Å². The normalized spacial score (nSPS) is 22.8. The van der Waals surface area contributed by atoms with Crippen molar-refractivity contribution in [2.45, 2.75) is 210 Å². The van der Waals surface area contributed by atoms with Gasteiger partial charge in [0, 0.05) is 138 Å². The van der Waals surface area contributed by atoms with Crippen molar-refractivity contribution in [1.29, 1.82) is 0 Å². The largest absolute Gasteiger partial charge is 0.481 e. The number of amides is 4. The van der Waals surface area contributed by atoms with E-state index in [9.17, 15) is 99.2 Å². The van der Waals surface area contributed by atoms with E-state index in [0.29, 0.717) is 63.5 Å². The van der Waals surface area contributed by atoms with Crippen molar-refractivity contribution in [3.8, 4) is 0 Å². The van der Waals surface area contributed by atoms with Gasteiger partial charge in [0.15, 0.2) is 17.5 Å². The van der Waals surface area contributed by atoms with Crippen LogP contribution in [0.5, 0.6) is 0 Å². The number of thioether (sulfide) groups is 1. The molecule has 1 aromatic carbocycles. The van der Waals surface area contributed by atoms with Gasteiger partial charge in [0.1, 0.15) is 31.0 Å². The molecule has 23 N–H and O–H groups in total. The number of aliphatic hydroxyl groups excluding tert-OH is 5. The van der Waals surface area contributed by atoms with Crippen LogP contribution in [0.1, 0.15) is 143 Å². The van der Waals surface area contributed by atoms with Crippen LogP contribution in [0.3, 0.4) is 0 Å². The number of carbonyl (C=O) groups excluding carboxylic acids is 7. The molecule has 2 saturated heterocycles. The van der Waals surface area contributed by atoms with Crippen molar-refractivity contribution in [3.05, 3.63) is 35.9 Å². The summed E-state index contributed by atoms with van der Waals surface area (Å²) < 4.78 is 0. The van der Waals surface area contributed by atoms with Crippen molar-refractivity contribution in [2.24, 2.45) is 50.4 Å². The minimum absolute atomic E-state index is 0.000124. The number of ketones is 3. The first kappa shape index (κ1) is 94.5. The van der Waals surface area contributed by atoms with Gasteiger partial charge in [0.25, 0.3) is 0 Å². The van der Waals surface area contributed by atoms with E-state index in [-0.39, 0.29) is 105 Å². The third-order valence-electron chi connectivity index (χ3n) is 18.9. The summed E-state index contributed by atoms with van der Waals surface area (Å²) in [5.41, 5.74) is 11.7. The quantitative estimate of drug-likeness (QED) is 0.00712. The van der Waals surface area contributed by atoms with Crippen molar-refractivity contribution in [2.75, 3.05) is 81.9 Å². The number of carboxylic acids is 3. The van der Waals surface area contributed by atoms with E-state index in [0.717, 1.165) is 17.3 Å². The molecule has 13 atom stereocenters. The number of aliphatic hydroxyl groups is 5. The summed E-state index contributed by atoms with van der Waals surface area (Å²) in [6.07, 6.45) is -9.58. The van der Waals surface area contributed by atoms with Crippen LogP contribution in [-0.4, -0.2) is 280 Å². The monoisotopic (exact) mass is 1570 g/mol. The fourth-order valence-corrected chi connectivity index (χ4v) is 15.6. The molecule has 2 aliphatic heterocycles. The van der Waals surface area contributed by atoms with Gasteiger partial charge < -0.3 is 94.6 Å². The summed E-state index contributed by atoms with van der Waals surface area (Å²) in [6.45, 7) is 13.6. The average Bonchev–Trinajstić information content (AvgIpc) is 1.76. The molecular weight excluding hydrogens is 1460 g/mol. The fourth-order valence-electron chi connectivity index (χ4n) is 11.8. The highest BCUT2D eigenvalue weighted by Crippen LogP contribution is 2.33. The summed E-state index contributed by atoms with van der Waals surface area (Å²) in [5, 5.41) is 138. The zero-order chi connectivity index (χ0) is 79.8. The number of unbranched alkanes of at least 4 members (excludes halogenated alkanes) is 1. The molecule has 0 spiro atoms. The Kier molecular flexibility index (Phi) is 44.4. The van der Waals surface area contributed by atoms with Gasteiger partial charge in [0.2, 0.25) is 23.6 Å². The van der Waals surface area contributed by atoms with E-state index < -0.39 is 182 Å². The third kappa shape index (κ3) is 38.5. The predicted octanol–water partition coefficient (Wildman–Crippen LogP) is -0.955. The van der Waals surface area contributed by atoms with E-state index in [4.69, 9.17) is 11.5 Å². The maximum atomic E-state index is 14.2. The second-order valence-electron chi connectivity index (χ2n) is 28.2. The Balaban J connectivity index is 1.65. The lowest BCUT2D eigenvalue weighted by Gasteiger charge is -2.32. The number of benzene rings is 1. The number of carbonyl (C=O) groups is 10. The van der Waals surface area contributed by atoms with Crippen LogP contribution in [0.2, 0.25) is 0 Å². The lowest BCUT2D eigenvalue weighted by molar-refractivity contribution is -0.141. The van der Waals surface area contributed by atoms with E-state index >= 15 is 0 Å². The molecule has 1 unspecified atom stereocenters. The number of hydrogen-bond acceptors (Lipinski definition) is 29. The molecule has 35 nitrogen and oxygen atoms in total. The molecule has 2 aliphatic rings. The summed E-state index contributed by atoms with van der Waals surface area (Å²) in [6, 6.07) is 3.62. The highest BCUT2D eigenvalue weighted by Gasteiger charge is 2.38. The SMILES string of the molecule is C/C(=N/O)C(C)(C)NCCN(CCNC(=O)CCC(=O)NCCCC[C@H]1C[C@@H](O)CSC[C@@H]([C@@H](O)N[C@@H](CCCN=C(N)N)C(=O)CCC(=O)N[C@@H](CC(=O)O)C(=O)C[C@H]2CSSC[C@@H](C(=O)NCC(=O)O)C[C@@H](O)[C@H](Cc3ccccc3)NC2O)CC(=O)[C@H](CC(=O)O)N[C@@H]1O)CCNC(C)(C)/C(C)=N\O. The average molecular weight is 1570 g/mol. The number of nitrogens with zero attached hydrogens (tertiary/aromatic N) is 4. The van der Waals surface area contributed by atoms with Gasteiger partial charge in [-0.3, -0.25) is 73.8 Å². The Hall–Kier alpha value is -6.66. The molecule has 0 aliphatic carbocycles. The van der Waals surface area contributed by atoms with E-state index in [1.165, 1.54) is 21.6 Å². The Labute approximate surface area is 637 Å². The van der Waals surface area contributed by atoms with Crippen LogP contribution in [0.25, 0.3) is 0 Å². The second-order valence-corrected chi connectivity index (χ2v) is 31.8. The summed E-state index contributed by atoms with van der Waals surface area (Å²) in [5.74, 6) is -12.0. The van der Waals surface area contributed by atoms with Gasteiger partial charge in [0.05, 0.1) is 71.6 Å². The number of guanidine groups is 1. The van der Waals surface area contributed by atoms with Crippen LogP contribution in [0, 0.1) is 23.7 Å². The van der Waals surface area contributed by atoms with Crippen molar-refractivity contribution in [3.63, 3.8) is 0 Å². The van der Waals surface area contributed by atoms with E-state index in [2.05, 4.69) is 68.1 Å². The smallest absolute Gasteiger partial charge is 0.322 e. The highest BCUT2D eigenvalue weighted by molar-refractivity contribution is 8.76. The van der Waals surface area contributed by atoms with Gasteiger partial charge in [-0.25, -0.2) is 0 Å². The van der Waals surface area contributed by atoms with Gasteiger partial charge >= 0.3 is 17.9 Å². The summed E-state index contributed by atoms with van der Waals surface area (Å²) in [7, 11) is 2.36.